The summed E-state index contributed by atoms with van der Waals surface area (Å²) in [5.74, 6) is 0.458. The summed E-state index contributed by atoms with van der Waals surface area (Å²) in [6.45, 7) is 1.81. The molecule has 3 aromatic rings. The smallest absolute Gasteiger partial charge is 0.435 e. The second kappa shape index (κ2) is 7.93. The van der Waals surface area contributed by atoms with Crippen LogP contribution in [0.3, 0.4) is 0 Å². The first-order chi connectivity index (χ1) is 15.7. The third kappa shape index (κ3) is 4.21. The van der Waals surface area contributed by atoms with Gasteiger partial charge in [0.25, 0.3) is 0 Å². The fourth-order valence-electron chi connectivity index (χ4n) is 5.02. The zero-order valence-electron chi connectivity index (χ0n) is 17.5. The van der Waals surface area contributed by atoms with Gasteiger partial charge in [-0.15, -0.1) is 10.2 Å². The van der Waals surface area contributed by atoms with Gasteiger partial charge in [0.05, 0.1) is 11.6 Å². The lowest BCUT2D eigenvalue weighted by Gasteiger charge is -2.20. The number of anilines is 1. The SMILES string of the molecule is CC(C(=O)Nc1ccc(C(F)(F)F)nn1)[C@H]1[C@@H]2C[C@H](Oc3ccnc4ccc(F)cc34)C[C@@H]21. The van der Waals surface area contributed by atoms with Gasteiger partial charge in [0.2, 0.25) is 5.91 Å². The fourth-order valence-corrected chi connectivity index (χ4v) is 5.02. The van der Waals surface area contributed by atoms with E-state index in [1.807, 2.05) is 6.92 Å². The average Bonchev–Trinajstić information content (AvgIpc) is 3.27. The number of alkyl halides is 3. The summed E-state index contributed by atoms with van der Waals surface area (Å²) in [7, 11) is 0. The molecule has 33 heavy (non-hydrogen) atoms. The molecule has 6 nitrogen and oxygen atoms in total. The summed E-state index contributed by atoms with van der Waals surface area (Å²) in [5, 5.41) is 9.76. The highest BCUT2D eigenvalue weighted by Gasteiger charge is 2.59. The number of carbonyl (C=O) groups is 1. The number of hydrogen-bond donors (Lipinski definition) is 1. The van der Waals surface area contributed by atoms with E-state index >= 15 is 0 Å². The number of benzene rings is 1. The van der Waals surface area contributed by atoms with Crippen LogP contribution in [0.5, 0.6) is 5.75 Å². The Labute approximate surface area is 186 Å². The standard InChI is InChI=1S/C23H20F4N4O2/c1-11(22(32)29-20-5-4-19(30-31-20)23(25,26)27)21-14-9-13(10-15(14)21)33-18-6-7-28-17-3-2-12(24)8-16(17)18/h2-8,11,13-15,21H,9-10H2,1H3,(H,29,31,32)/t11?,13-,14+,15-,21-. The van der Waals surface area contributed by atoms with Crippen molar-refractivity contribution in [3.05, 3.63) is 54.1 Å². The van der Waals surface area contributed by atoms with Crippen LogP contribution < -0.4 is 10.1 Å². The van der Waals surface area contributed by atoms with E-state index in [0.29, 0.717) is 28.5 Å². The Morgan fingerprint density at radius 1 is 1.12 bits per heavy atom. The minimum atomic E-state index is -4.58. The molecule has 2 aliphatic rings. The molecule has 2 aromatic heterocycles. The number of ether oxygens (including phenoxy) is 1. The molecule has 1 aromatic carbocycles. The quantitative estimate of drug-likeness (QED) is 0.551. The van der Waals surface area contributed by atoms with E-state index in [1.54, 1.807) is 18.3 Å². The molecular formula is C23H20F4N4O2. The van der Waals surface area contributed by atoms with Crippen molar-refractivity contribution in [1.82, 2.24) is 15.2 Å². The number of rotatable bonds is 5. The van der Waals surface area contributed by atoms with Gasteiger partial charge in [-0.3, -0.25) is 9.78 Å². The van der Waals surface area contributed by atoms with E-state index in [1.165, 1.54) is 12.1 Å². The van der Waals surface area contributed by atoms with Crippen LogP contribution in [0.2, 0.25) is 0 Å². The molecule has 1 amide bonds. The summed E-state index contributed by atoms with van der Waals surface area (Å²) < 4.78 is 57.6. The summed E-state index contributed by atoms with van der Waals surface area (Å²) in [6.07, 6.45) is -1.41. The fraction of sp³-hybridized carbons (Fsp3) is 0.391. The van der Waals surface area contributed by atoms with Crippen LogP contribution in [-0.4, -0.2) is 27.2 Å². The van der Waals surface area contributed by atoms with Crippen molar-refractivity contribution in [3.63, 3.8) is 0 Å². The van der Waals surface area contributed by atoms with Gasteiger partial charge < -0.3 is 10.1 Å². The van der Waals surface area contributed by atoms with Gasteiger partial charge >= 0.3 is 6.18 Å². The van der Waals surface area contributed by atoms with E-state index in [-0.39, 0.29) is 35.5 Å². The lowest BCUT2D eigenvalue weighted by molar-refractivity contribution is -0.141. The monoisotopic (exact) mass is 460 g/mol. The Morgan fingerprint density at radius 2 is 1.88 bits per heavy atom. The second-order valence-electron chi connectivity index (χ2n) is 8.67. The highest BCUT2D eigenvalue weighted by atomic mass is 19.4. The van der Waals surface area contributed by atoms with Gasteiger partial charge in [-0.25, -0.2) is 4.39 Å². The summed E-state index contributed by atoms with van der Waals surface area (Å²) >= 11 is 0. The first-order valence-corrected chi connectivity index (χ1v) is 10.6. The van der Waals surface area contributed by atoms with Crippen molar-refractivity contribution in [2.45, 2.75) is 32.0 Å². The highest BCUT2D eigenvalue weighted by molar-refractivity contribution is 5.91. The first kappa shape index (κ1) is 21.5. The van der Waals surface area contributed by atoms with E-state index < -0.39 is 11.9 Å². The molecule has 0 bridgehead atoms. The maximum Gasteiger partial charge on any atom is 0.435 e. The summed E-state index contributed by atoms with van der Waals surface area (Å²) in [4.78, 5) is 16.8. The number of nitrogens with one attached hydrogen (secondary N) is 1. The van der Waals surface area contributed by atoms with Crippen LogP contribution in [0.4, 0.5) is 23.4 Å². The molecule has 2 fully saturated rings. The number of pyridine rings is 1. The van der Waals surface area contributed by atoms with Gasteiger partial charge in [-0.1, -0.05) is 6.92 Å². The minimum Gasteiger partial charge on any atom is -0.490 e. The molecule has 0 saturated heterocycles. The molecule has 5 atom stereocenters. The molecule has 0 aliphatic heterocycles. The first-order valence-electron chi connectivity index (χ1n) is 10.6. The third-order valence-electron chi connectivity index (χ3n) is 6.62. The minimum absolute atomic E-state index is 0.0105. The predicted molar refractivity (Wildman–Crippen MR) is 111 cm³/mol. The maximum atomic E-state index is 13.7. The number of amides is 1. The molecule has 1 N–H and O–H groups in total. The number of hydrogen-bond acceptors (Lipinski definition) is 5. The third-order valence-corrected chi connectivity index (χ3v) is 6.62. The largest absolute Gasteiger partial charge is 0.490 e. The van der Waals surface area contributed by atoms with Crippen molar-refractivity contribution in [2.24, 2.45) is 23.7 Å². The van der Waals surface area contributed by atoms with Crippen molar-refractivity contribution >= 4 is 22.6 Å². The van der Waals surface area contributed by atoms with Crippen molar-refractivity contribution in [2.75, 3.05) is 5.32 Å². The van der Waals surface area contributed by atoms with Crippen LogP contribution in [-0.2, 0) is 11.0 Å². The van der Waals surface area contributed by atoms with Crippen LogP contribution in [0.1, 0.15) is 25.5 Å². The maximum absolute atomic E-state index is 13.7. The molecule has 2 heterocycles. The lowest BCUT2D eigenvalue weighted by atomic mass is 9.97. The van der Waals surface area contributed by atoms with E-state index in [4.69, 9.17) is 4.74 Å². The van der Waals surface area contributed by atoms with Crippen LogP contribution in [0.15, 0.2) is 42.6 Å². The highest BCUT2D eigenvalue weighted by Crippen LogP contribution is 2.61. The molecule has 0 spiro atoms. The van der Waals surface area contributed by atoms with E-state index in [2.05, 4.69) is 20.5 Å². The summed E-state index contributed by atoms with van der Waals surface area (Å²) in [6, 6.07) is 7.99. The number of halogens is 4. The van der Waals surface area contributed by atoms with E-state index in [9.17, 15) is 22.4 Å². The van der Waals surface area contributed by atoms with Crippen molar-refractivity contribution in [3.8, 4) is 5.75 Å². The molecule has 172 valence electrons. The normalized spacial score (nSPS) is 24.9. The van der Waals surface area contributed by atoms with E-state index in [0.717, 1.165) is 25.0 Å². The van der Waals surface area contributed by atoms with Crippen molar-refractivity contribution < 1.29 is 27.1 Å². The Morgan fingerprint density at radius 3 is 2.55 bits per heavy atom. The molecule has 5 rings (SSSR count). The topological polar surface area (TPSA) is 77.0 Å². The molecule has 2 aliphatic carbocycles. The molecule has 0 radical (unpaired) electrons. The Kier molecular flexibility index (Phi) is 5.18. The van der Waals surface area contributed by atoms with Gasteiger partial charge in [0.1, 0.15) is 11.6 Å². The average molecular weight is 460 g/mol. The molecular weight excluding hydrogens is 440 g/mol. The zero-order valence-corrected chi connectivity index (χ0v) is 17.5. The van der Waals surface area contributed by atoms with Crippen LogP contribution in [0, 0.1) is 29.5 Å². The number of aromatic nitrogens is 3. The molecule has 10 heteroatoms. The predicted octanol–water partition coefficient (Wildman–Crippen LogP) is 4.86. The lowest BCUT2D eigenvalue weighted by Crippen LogP contribution is -2.26. The van der Waals surface area contributed by atoms with Gasteiger partial charge in [0.15, 0.2) is 11.5 Å². The van der Waals surface area contributed by atoms with Crippen molar-refractivity contribution in [1.29, 1.82) is 0 Å². The second-order valence-corrected chi connectivity index (χ2v) is 8.67. The summed E-state index contributed by atoms with van der Waals surface area (Å²) in [5.41, 5.74) is -0.451. The Balaban J connectivity index is 1.17. The molecule has 1 unspecified atom stereocenters. The van der Waals surface area contributed by atoms with Gasteiger partial charge in [0, 0.05) is 17.5 Å². The number of nitrogens with zero attached hydrogens (tertiary/aromatic N) is 3. The van der Waals surface area contributed by atoms with Crippen LogP contribution in [0.25, 0.3) is 10.9 Å². The number of fused-ring (bicyclic) bond motifs is 2. The Bertz CT molecular complexity index is 1190. The van der Waals surface area contributed by atoms with Crippen LogP contribution >= 0.6 is 0 Å². The molecule has 2 saturated carbocycles. The number of carbonyl (C=O) groups excluding carboxylic acids is 1. The van der Waals surface area contributed by atoms with Gasteiger partial charge in [-0.05, 0) is 67.0 Å². The zero-order chi connectivity index (χ0) is 23.3. The van der Waals surface area contributed by atoms with Gasteiger partial charge in [-0.2, -0.15) is 13.2 Å². The Hall–Kier alpha value is -3.30.